The number of carbonyl (C=O) groups is 1. The van der Waals surface area contributed by atoms with E-state index in [9.17, 15) is 14.7 Å². The first-order valence-corrected chi connectivity index (χ1v) is 16.0. The summed E-state index contributed by atoms with van der Waals surface area (Å²) < 4.78 is 25.0. The molecular formula is C36H38N2O7S. The van der Waals surface area contributed by atoms with Crippen LogP contribution in [0, 0.1) is 5.92 Å². The molecule has 9 nitrogen and oxygen atoms in total. The third-order valence-corrected chi connectivity index (χ3v) is 8.47. The van der Waals surface area contributed by atoms with Gasteiger partial charge in [-0.05, 0) is 73.2 Å². The zero-order chi connectivity index (χ0) is 32.8. The maximum Gasteiger partial charge on any atom is 0.338 e. The van der Waals surface area contributed by atoms with Gasteiger partial charge in [-0.2, -0.15) is 0 Å². The number of hydrogen-bond acceptors (Lipinski definition) is 9. The Kier molecular flexibility index (Phi) is 10.3. The quantitative estimate of drug-likeness (QED) is 0.203. The van der Waals surface area contributed by atoms with Crippen molar-refractivity contribution in [1.29, 1.82) is 0 Å². The predicted molar refractivity (Wildman–Crippen MR) is 177 cm³/mol. The van der Waals surface area contributed by atoms with E-state index in [4.69, 9.17) is 23.9 Å². The number of ether oxygens (including phenoxy) is 4. The predicted octanol–water partition coefficient (Wildman–Crippen LogP) is 5.52. The van der Waals surface area contributed by atoms with Gasteiger partial charge in [-0.25, -0.2) is 9.79 Å². The Balaban J connectivity index is 1.61. The van der Waals surface area contributed by atoms with Gasteiger partial charge in [-0.3, -0.25) is 9.36 Å². The minimum absolute atomic E-state index is 0.0142. The first-order valence-electron chi connectivity index (χ1n) is 15.2. The van der Waals surface area contributed by atoms with Gasteiger partial charge in [-0.1, -0.05) is 67.6 Å². The Labute approximate surface area is 271 Å². The van der Waals surface area contributed by atoms with Crippen LogP contribution in [0.4, 0.5) is 0 Å². The minimum Gasteiger partial charge on any atom is -0.504 e. The molecule has 4 aromatic rings. The molecule has 10 heteroatoms. The van der Waals surface area contributed by atoms with E-state index in [1.54, 1.807) is 44.4 Å². The van der Waals surface area contributed by atoms with Gasteiger partial charge in [0.25, 0.3) is 5.56 Å². The molecule has 1 atom stereocenters. The van der Waals surface area contributed by atoms with Crippen molar-refractivity contribution in [2.75, 3.05) is 20.3 Å². The third kappa shape index (κ3) is 7.18. The number of rotatable bonds is 12. The molecule has 2 heterocycles. The second-order valence-electron chi connectivity index (χ2n) is 11.2. The number of phenolic OH excluding ortho intramolecular Hbond substituents is 1. The summed E-state index contributed by atoms with van der Waals surface area (Å²) in [5.74, 6) is 1.31. The summed E-state index contributed by atoms with van der Waals surface area (Å²) in [5.41, 5.74) is 2.55. The number of carbonyl (C=O) groups excluding carboxylic acids is 1. The fourth-order valence-electron chi connectivity index (χ4n) is 5.12. The molecule has 0 fully saturated rings. The standard InChI is InChI=1S/C36H38N2O7S/c1-6-43-29-18-25(12-14-27(29)39)19-31-34(40)38-33(26-13-15-28(30(20-26)42-5)44-17-16-22(2)3)32(23(4)37-36(38)46-31)35(41)45-21-24-10-8-7-9-11-24/h7-15,18-20,22,33,39H,6,16-17,21H2,1-5H3/b31-19-. The van der Waals surface area contributed by atoms with Gasteiger partial charge < -0.3 is 24.1 Å². The zero-order valence-corrected chi connectivity index (χ0v) is 27.4. The number of methoxy groups -OCH3 is 1. The number of fused-ring (bicyclic) bond motifs is 1. The van der Waals surface area contributed by atoms with E-state index in [1.807, 2.05) is 43.3 Å². The van der Waals surface area contributed by atoms with Gasteiger partial charge in [0.2, 0.25) is 0 Å². The molecule has 0 bridgehead atoms. The summed E-state index contributed by atoms with van der Waals surface area (Å²) in [6.45, 7) is 8.82. The first kappa shape index (κ1) is 32.6. The van der Waals surface area contributed by atoms with Gasteiger partial charge in [0.05, 0.1) is 42.2 Å². The molecule has 1 unspecified atom stereocenters. The van der Waals surface area contributed by atoms with Crippen LogP contribution >= 0.6 is 11.3 Å². The molecule has 3 aromatic carbocycles. The van der Waals surface area contributed by atoms with Crippen molar-refractivity contribution in [2.24, 2.45) is 10.9 Å². The number of thiazole rings is 1. The number of aromatic hydroxyl groups is 1. The molecule has 1 aliphatic heterocycles. The molecule has 0 aliphatic carbocycles. The van der Waals surface area contributed by atoms with E-state index in [0.717, 1.165) is 12.0 Å². The molecule has 0 saturated heterocycles. The largest absolute Gasteiger partial charge is 0.504 e. The molecule has 1 aromatic heterocycles. The molecular weight excluding hydrogens is 604 g/mol. The summed E-state index contributed by atoms with van der Waals surface area (Å²) in [6.07, 6.45) is 2.61. The fourth-order valence-corrected chi connectivity index (χ4v) is 6.17. The zero-order valence-electron chi connectivity index (χ0n) is 26.6. The Hall–Kier alpha value is -4.83. The van der Waals surface area contributed by atoms with Crippen LogP contribution in [-0.2, 0) is 16.1 Å². The molecule has 0 saturated carbocycles. The van der Waals surface area contributed by atoms with Crippen LogP contribution in [-0.4, -0.2) is 36.0 Å². The topological polar surface area (TPSA) is 109 Å². The summed E-state index contributed by atoms with van der Waals surface area (Å²) in [7, 11) is 1.56. The van der Waals surface area contributed by atoms with E-state index < -0.39 is 12.0 Å². The lowest BCUT2D eigenvalue weighted by Gasteiger charge is -2.25. The van der Waals surface area contributed by atoms with Crippen molar-refractivity contribution < 1.29 is 28.8 Å². The molecule has 1 N–H and O–H groups in total. The van der Waals surface area contributed by atoms with Gasteiger partial charge >= 0.3 is 5.97 Å². The Morgan fingerprint density at radius 3 is 2.54 bits per heavy atom. The van der Waals surface area contributed by atoms with E-state index in [-0.39, 0.29) is 23.5 Å². The van der Waals surface area contributed by atoms with Crippen molar-refractivity contribution in [3.8, 4) is 23.0 Å². The summed E-state index contributed by atoms with van der Waals surface area (Å²) in [4.78, 5) is 33.1. The number of esters is 1. The number of benzene rings is 3. The van der Waals surface area contributed by atoms with E-state index in [1.165, 1.54) is 22.0 Å². The van der Waals surface area contributed by atoms with Crippen molar-refractivity contribution in [1.82, 2.24) is 4.57 Å². The average molecular weight is 643 g/mol. The maximum absolute atomic E-state index is 14.1. The highest BCUT2D eigenvalue weighted by Gasteiger charge is 2.34. The van der Waals surface area contributed by atoms with Crippen LogP contribution in [0.5, 0.6) is 23.0 Å². The summed E-state index contributed by atoms with van der Waals surface area (Å²) in [5, 5.41) is 10.2. The average Bonchev–Trinajstić information content (AvgIpc) is 3.35. The molecule has 1 aliphatic rings. The third-order valence-electron chi connectivity index (χ3n) is 7.49. The van der Waals surface area contributed by atoms with E-state index >= 15 is 0 Å². The van der Waals surface area contributed by atoms with Crippen LogP contribution in [0.15, 0.2) is 87.8 Å². The van der Waals surface area contributed by atoms with Crippen LogP contribution < -0.4 is 29.1 Å². The number of hydrogen-bond donors (Lipinski definition) is 1. The second-order valence-corrected chi connectivity index (χ2v) is 12.3. The highest BCUT2D eigenvalue weighted by atomic mass is 32.1. The Morgan fingerprint density at radius 1 is 1.04 bits per heavy atom. The lowest BCUT2D eigenvalue weighted by atomic mass is 9.95. The smallest absolute Gasteiger partial charge is 0.338 e. The van der Waals surface area contributed by atoms with Crippen LogP contribution in [0.1, 0.15) is 56.8 Å². The highest BCUT2D eigenvalue weighted by Crippen LogP contribution is 2.36. The van der Waals surface area contributed by atoms with Gasteiger partial charge in [0.1, 0.15) is 6.61 Å². The Morgan fingerprint density at radius 2 is 1.83 bits per heavy atom. The van der Waals surface area contributed by atoms with E-state index in [0.29, 0.717) is 62.5 Å². The van der Waals surface area contributed by atoms with Gasteiger partial charge in [-0.15, -0.1) is 0 Å². The maximum atomic E-state index is 14.1. The van der Waals surface area contributed by atoms with Gasteiger partial charge in [0.15, 0.2) is 27.8 Å². The first-order chi connectivity index (χ1) is 22.2. The number of aromatic nitrogens is 1. The monoisotopic (exact) mass is 642 g/mol. The highest BCUT2D eigenvalue weighted by molar-refractivity contribution is 7.07. The van der Waals surface area contributed by atoms with Gasteiger partial charge in [0, 0.05) is 0 Å². The molecule has 0 radical (unpaired) electrons. The van der Waals surface area contributed by atoms with Crippen LogP contribution in [0.3, 0.4) is 0 Å². The summed E-state index contributed by atoms with van der Waals surface area (Å²) in [6, 6.07) is 18.9. The normalized spacial score (nSPS) is 14.6. The fraction of sp³-hybridized carbons (Fsp3) is 0.306. The van der Waals surface area contributed by atoms with Crippen molar-refractivity contribution in [3.63, 3.8) is 0 Å². The van der Waals surface area contributed by atoms with Crippen molar-refractivity contribution in [2.45, 2.75) is 46.8 Å². The number of allylic oxidation sites excluding steroid dienone is 1. The van der Waals surface area contributed by atoms with Crippen LogP contribution in [0.25, 0.3) is 6.08 Å². The molecule has 240 valence electrons. The number of nitrogens with zero attached hydrogens (tertiary/aromatic N) is 2. The minimum atomic E-state index is -0.834. The lowest BCUT2D eigenvalue weighted by molar-refractivity contribution is -0.140. The van der Waals surface area contributed by atoms with Crippen LogP contribution in [0.2, 0.25) is 0 Å². The molecule has 46 heavy (non-hydrogen) atoms. The molecule has 0 spiro atoms. The molecule has 5 rings (SSSR count). The van der Waals surface area contributed by atoms with E-state index in [2.05, 4.69) is 13.8 Å². The lowest BCUT2D eigenvalue weighted by Crippen LogP contribution is -2.39. The summed E-state index contributed by atoms with van der Waals surface area (Å²) >= 11 is 1.22. The second kappa shape index (κ2) is 14.5. The van der Waals surface area contributed by atoms with Crippen molar-refractivity contribution >= 4 is 23.4 Å². The SMILES string of the molecule is CCOc1cc(/C=c2\sc3n(c2=O)C(c2ccc(OCCC(C)C)c(OC)c2)C(C(=O)OCc2ccccc2)=C(C)N=3)ccc1O. The molecule has 0 amide bonds. The Bertz CT molecular complexity index is 1930. The van der Waals surface area contributed by atoms with Crippen molar-refractivity contribution in [3.05, 3.63) is 114 Å². The number of phenols is 1.